The number of rotatable bonds is 3. The third-order valence-electron chi connectivity index (χ3n) is 2.59. The van der Waals surface area contributed by atoms with Gasteiger partial charge in [0, 0.05) is 16.1 Å². The van der Waals surface area contributed by atoms with Gasteiger partial charge in [-0.3, -0.25) is 0 Å². The highest BCUT2D eigenvalue weighted by Crippen LogP contribution is 2.18. The number of hydrogen-bond donors (Lipinski definition) is 1. The summed E-state index contributed by atoms with van der Waals surface area (Å²) in [5, 5.41) is 0.484. The molecule has 2 nitrogen and oxygen atoms in total. The average Bonchev–Trinajstić information content (AvgIpc) is 2.47. The Hall–Kier alpha value is -2.02. The van der Waals surface area contributed by atoms with Gasteiger partial charge in [-0.05, 0) is 42.5 Å². The monoisotopic (exact) mass is 289 g/mol. The molecule has 0 atom stereocenters. The summed E-state index contributed by atoms with van der Waals surface area (Å²) in [5.41, 5.74) is 6.58. The molecule has 0 aliphatic rings. The lowest BCUT2D eigenvalue weighted by Crippen LogP contribution is -1.98. The largest absolute Gasteiger partial charge is 0.489 e. The van der Waals surface area contributed by atoms with Crippen LogP contribution in [0.3, 0.4) is 0 Å². The molecule has 2 N–H and O–H groups in total. The van der Waals surface area contributed by atoms with Gasteiger partial charge in [-0.2, -0.15) is 0 Å². The van der Waals surface area contributed by atoms with Crippen LogP contribution in [0.1, 0.15) is 11.1 Å². The van der Waals surface area contributed by atoms with Crippen LogP contribution < -0.4 is 10.5 Å². The van der Waals surface area contributed by atoms with Gasteiger partial charge in [0.15, 0.2) is 0 Å². The van der Waals surface area contributed by atoms with E-state index in [0.29, 0.717) is 22.9 Å². The maximum absolute atomic E-state index is 13.5. The van der Waals surface area contributed by atoms with Gasteiger partial charge < -0.3 is 10.5 Å². The van der Waals surface area contributed by atoms with E-state index in [9.17, 15) is 4.39 Å². The quantitative estimate of drug-likeness (QED) is 0.879. The van der Waals surface area contributed by atoms with E-state index in [1.165, 1.54) is 12.1 Å². The van der Waals surface area contributed by atoms with Gasteiger partial charge in [0.25, 0.3) is 0 Å². The van der Waals surface area contributed by atoms with Crippen molar-refractivity contribution in [1.29, 1.82) is 0 Å². The molecule has 0 saturated carbocycles. The van der Waals surface area contributed by atoms with Crippen LogP contribution in [0.2, 0.25) is 5.02 Å². The van der Waals surface area contributed by atoms with Crippen LogP contribution in [-0.2, 0) is 6.61 Å². The molecule has 0 amide bonds. The van der Waals surface area contributed by atoms with Crippen molar-refractivity contribution >= 4 is 11.6 Å². The Labute approximate surface area is 122 Å². The zero-order chi connectivity index (χ0) is 14.4. The Morgan fingerprint density at radius 3 is 2.60 bits per heavy atom. The first-order chi connectivity index (χ1) is 9.69. The molecule has 4 heteroatoms. The minimum atomic E-state index is -0.333. The first-order valence-corrected chi connectivity index (χ1v) is 6.42. The highest BCUT2D eigenvalue weighted by atomic mass is 35.5. The van der Waals surface area contributed by atoms with Crippen molar-refractivity contribution in [1.82, 2.24) is 0 Å². The van der Waals surface area contributed by atoms with E-state index in [4.69, 9.17) is 22.1 Å². The zero-order valence-electron chi connectivity index (χ0n) is 10.7. The third kappa shape index (κ3) is 3.99. The Kier molecular flexibility index (Phi) is 5.00. The van der Waals surface area contributed by atoms with Crippen molar-refractivity contribution in [3.63, 3.8) is 0 Å². The second-order valence-electron chi connectivity index (χ2n) is 4.05. The molecule has 0 spiro atoms. The first-order valence-electron chi connectivity index (χ1n) is 6.05. The maximum atomic E-state index is 13.5. The molecule has 2 aromatic rings. The molecular weight excluding hydrogens is 277 g/mol. The normalized spacial score (nSPS) is 9.75. The lowest BCUT2D eigenvalue weighted by Gasteiger charge is -2.07. The number of benzene rings is 2. The fourth-order valence-corrected chi connectivity index (χ4v) is 1.80. The minimum absolute atomic E-state index is 0.125. The second-order valence-corrected chi connectivity index (χ2v) is 4.49. The summed E-state index contributed by atoms with van der Waals surface area (Å²) in [6, 6.07) is 11.6. The summed E-state index contributed by atoms with van der Waals surface area (Å²) in [7, 11) is 0. The molecule has 2 aromatic carbocycles. The van der Waals surface area contributed by atoms with Gasteiger partial charge in [-0.15, -0.1) is 0 Å². The van der Waals surface area contributed by atoms with Crippen LogP contribution >= 0.6 is 11.6 Å². The predicted octanol–water partition coefficient (Wildman–Crippen LogP) is 3.37. The van der Waals surface area contributed by atoms with Gasteiger partial charge in [-0.25, -0.2) is 4.39 Å². The summed E-state index contributed by atoms with van der Waals surface area (Å²) in [5.74, 6) is 5.99. The van der Waals surface area contributed by atoms with Crippen molar-refractivity contribution in [2.75, 3.05) is 6.54 Å². The van der Waals surface area contributed by atoms with Crippen LogP contribution in [0, 0.1) is 17.7 Å². The molecule has 0 aromatic heterocycles. The van der Waals surface area contributed by atoms with E-state index in [1.807, 2.05) is 12.1 Å². The van der Waals surface area contributed by atoms with Crippen LogP contribution in [0.15, 0.2) is 42.5 Å². The molecule has 0 unspecified atom stereocenters. The molecule has 102 valence electrons. The molecule has 0 heterocycles. The van der Waals surface area contributed by atoms with Gasteiger partial charge >= 0.3 is 0 Å². The van der Waals surface area contributed by atoms with E-state index < -0.39 is 0 Å². The van der Waals surface area contributed by atoms with Gasteiger partial charge in [0.2, 0.25) is 0 Å². The van der Waals surface area contributed by atoms with Crippen molar-refractivity contribution in [2.45, 2.75) is 6.61 Å². The summed E-state index contributed by atoms with van der Waals surface area (Å²) in [6.45, 7) is 0.451. The zero-order valence-corrected chi connectivity index (χ0v) is 11.5. The maximum Gasteiger partial charge on any atom is 0.129 e. The summed E-state index contributed by atoms with van der Waals surface area (Å²) in [6.07, 6.45) is 0. The van der Waals surface area contributed by atoms with Crippen LogP contribution in [0.25, 0.3) is 0 Å². The lowest BCUT2D eigenvalue weighted by atomic mass is 10.2. The highest BCUT2D eigenvalue weighted by molar-refractivity contribution is 6.30. The Morgan fingerprint density at radius 2 is 1.90 bits per heavy atom. The Balaban J connectivity index is 2.02. The first kappa shape index (κ1) is 14.4. The SMILES string of the molecule is NCC#Cc1ccc(OCc2cc(Cl)ccc2F)cc1. The summed E-state index contributed by atoms with van der Waals surface area (Å²) >= 11 is 5.82. The number of nitrogens with two attached hydrogens (primary N) is 1. The smallest absolute Gasteiger partial charge is 0.129 e. The van der Waals surface area contributed by atoms with E-state index in [2.05, 4.69) is 11.8 Å². The third-order valence-corrected chi connectivity index (χ3v) is 2.83. The Morgan fingerprint density at radius 1 is 1.15 bits per heavy atom. The molecule has 0 aliphatic carbocycles. The van der Waals surface area contributed by atoms with Crippen molar-refractivity contribution in [3.8, 4) is 17.6 Å². The van der Waals surface area contributed by atoms with Crippen molar-refractivity contribution < 1.29 is 9.13 Å². The molecular formula is C16H13ClFNO. The molecule has 0 fully saturated rings. The predicted molar refractivity (Wildman–Crippen MR) is 78.1 cm³/mol. The van der Waals surface area contributed by atoms with Gasteiger partial charge in [-0.1, -0.05) is 23.4 Å². The lowest BCUT2D eigenvalue weighted by molar-refractivity contribution is 0.300. The molecule has 0 bridgehead atoms. The van der Waals surface area contributed by atoms with Crippen LogP contribution in [0.4, 0.5) is 4.39 Å². The molecule has 20 heavy (non-hydrogen) atoms. The average molecular weight is 290 g/mol. The van der Waals surface area contributed by atoms with Crippen LogP contribution in [0.5, 0.6) is 5.75 Å². The van der Waals surface area contributed by atoms with Crippen LogP contribution in [-0.4, -0.2) is 6.54 Å². The van der Waals surface area contributed by atoms with E-state index in [1.54, 1.807) is 18.2 Å². The van der Waals surface area contributed by atoms with Gasteiger partial charge in [0.1, 0.15) is 18.2 Å². The summed E-state index contributed by atoms with van der Waals surface area (Å²) < 4.78 is 19.0. The molecule has 0 aliphatic heterocycles. The molecule has 2 rings (SSSR count). The standard InChI is InChI=1S/C16H13ClFNO/c17-14-5-8-16(18)13(10-14)11-20-15-6-3-12(4-7-15)2-1-9-19/h3-8,10H,9,11,19H2. The van der Waals surface area contributed by atoms with E-state index in [0.717, 1.165) is 5.56 Å². The highest BCUT2D eigenvalue weighted by Gasteiger charge is 2.04. The fourth-order valence-electron chi connectivity index (χ4n) is 1.60. The molecule has 0 radical (unpaired) electrons. The summed E-state index contributed by atoms with van der Waals surface area (Å²) in [4.78, 5) is 0. The van der Waals surface area contributed by atoms with Gasteiger partial charge in [0.05, 0.1) is 6.54 Å². The topological polar surface area (TPSA) is 35.2 Å². The fraction of sp³-hybridized carbons (Fsp3) is 0.125. The number of hydrogen-bond acceptors (Lipinski definition) is 2. The van der Waals surface area contributed by atoms with Crippen molar-refractivity contribution in [3.05, 3.63) is 64.4 Å². The second kappa shape index (κ2) is 6.95. The van der Waals surface area contributed by atoms with Crippen molar-refractivity contribution in [2.24, 2.45) is 5.73 Å². The minimum Gasteiger partial charge on any atom is -0.489 e. The van der Waals surface area contributed by atoms with E-state index in [-0.39, 0.29) is 12.4 Å². The molecule has 0 saturated heterocycles. The Bertz CT molecular complexity index is 644. The number of halogens is 2. The number of ether oxygens (including phenoxy) is 1. The van der Waals surface area contributed by atoms with E-state index >= 15 is 0 Å².